The van der Waals surface area contributed by atoms with E-state index in [-0.39, 0.29) is 17.9 Å². The van der Waals surface area contributed by atoms with Crippen molar-refractivity contribution in [3.63, 3.8) is 0 Å². The van der Waals surface area contributed by atoms with E-state index in [9.17, 15) is 9.90 Å². The number of carboxylic acid groups (broad SMARTS) is 1. The summed E-state index contributed by atoms with van der Waals surface area (Å²) in [6.07, 6.45) is 14.5. The fourth-order valence-corrected chi connectivity index (χ4v) is 6.90. The summed E-state index contributed by atoms with van der Waals surface area (Å²) in [5.74, 6) is -0.241. The number of hydrogen-bond donors (Lipinski definition) is 2. The average molecular weight is 533 g/mol. The Morgan fingerprint density at radius 2 is 1.81 bits per heavy atom. The lowest BCUT2D eigenvalue weighted by Crippen LogP contribution is -2.44. The molecule has 0 saturated heterocycles. The highest BCUT2D eigenvalue weighted by Crippen LogP contribution is 2.53. The smallest absolute Gasteiger partial charge is 0.308 e. The molecule has 3 aliphatic rings. The molecule has 37 heavy (non-hydrogen) atoms. The molecular weight excluding hydrogens is 511 g/mol. The third-order valence-electron chi connectivity index (χ3n) is 8.15. The number of rotatable bonds is 4. The zero-order valence-electron chi connectivity index (χ0n) is 19.6. The predicted molar refractivity (Wildman–Crippen MR) is 141 cm³/mol. The molecule has 3 saturated carbocycles. The number of nitrogens with zero attached hydrogens (tertiary/aromatic N) is 5. The number of aromatic amines is 1. The van der Waals surface area contributed by atoms with E-state index in [4.69, 9.17) is 33.2 Å². The Balaban J connectivity index is 1.48. The number of halogens is 2. The number of fused-ring (bicyclic) bond motifs is 5. The Morgan fingerprint density at radius 1 is 1.00 bits per heavy atom. The minimum atomic E-state index is -0.739. The lowest BCUT2D eigenvalue weighted by molar-refractivity contribution is -0.151. The van der Waals surface area contributed by atoms with Gasteiger partial charge in [0.1, 0.15) is 11.3 Å². The van der Waals surface area contributed by atoms with Gasteiger partial charge in [-0.05, 0) is 49.7 Å². The van der Waals surface area contributed by atoms with Gasteiger partial charge in [-0.3, -0.25) is 9.78 Å². The molecular formula is C27H22Cl2N6O2. The second-order valence-corrected chi connectivity index (χ2v) is 10.9. The van der Waals surface area contributed by atoms with Gasteiger partial charge in [0.15, 0.2) is 5.82 Å². The Hall–Kier alpha value is -3.49. The van der Waals surface area contributed by atoms with Crippen molar-refractivity contribution in [3.8, 4) is 22.5 Å². The standard InChI is InChI=1S/C27H22Cl2N6O2/c28-15-7-17-18(9-32-24(17)31-8-15)25-33-10-19-20(16-5-6-30-11-21(16)29)12-35(26(19)34-25)23-14-3-1-13(2-4-14)22(23)27(36)37/h5-14,22-23H,1-4H2,(H,31,32)(H,36,37)/t13?,14?,22-,23-/m0/s1. The van der Waals surface area contributed by atoms with Gasteiger partial charge in [-0.1, -0.05) is 23.2 Å². The molecule has 2 atom stereocenters. The number of carbonyl (C=O) groups is 1. The molecule has 0 amide bonds. The van der Waals surface area contributed by atoms with E-state index in [2.05, 4.69) is 19.5 Å². The van der Waals surface area contributed by atoms with Crippen LogP contribution in [0.2, 0.25) is 10.0 Å². The van der Waals surface area contributed by atoms with Crippen molar-refractivity contribution in [2.45, 2.75) is 31.7 Å². The quantitative estimate of drug-likeness (QED) is 0.277. The Bertz CT molecular complexity index is 1690. The van der Waals surface area contributed by atoms with E-state index >= 15 is 0 Å². The third-order valence-corrected chi connectivity index (χ3v) is 8.66. The second-order valence-electron chi connectivity index (χ2n) is 10.0. The van der Waals surface area contributed by atoms with E-state index in [1.54, 1.807) is 24.8 Å². The van der Waals surface area contributed by atoms with Crippen LogP contribution in [0, 0.1) is 17.8 Å². The summed E-state index contributed by atoms with van der Waals surface area (Å²) in [5, 5.41) is 13.0. The fourth-order valence-electron chi connectivity index (χ4n) is 6.52. The lowest BCUT2D eigenvalue weighted by Gasteiger charge is -2.47. The molecule has 10 heteroatoms. The normalized spacial score (nSPS) is 23.2. The molecule has 5 aromatic heterocycles. The molecule has 0 unspecified atom stereocenters. The number of nitrogens with one attached hydrogen (secondary N) is 1. The molecule has 3 aliphatic carbocycles. The van der Waals surface area contributed by atoms with Gasteiger partial charge in [0.2, 0.25) is 0 Å². The van der Waals surface area contributed by atoms with Crippen LogP contribution in [-0.2, 0) is 4.79 Å². The van der Waals surface area contributed by atoms with Crippen LogP contribution in [0.4, 0.5) is 0 Å². The Labute approximate surface area is 221 Å². The van der Waals surface area contributed by atoms with Crippen LogP contribution < -0.4 is 0 Å². The van der Waals surface area contributed by atoms with E-state index < -0.39 is 11.9 Å². The van der Waals surface area contributed by atoms with Crippen LogP contribution in [0.25, 0.3) is 44.6 Å². The molecule has 186 valence electrons. The lowest BCUT2D eigenvalue weighted by atomic mass is 9.61. The summed E-state index contributed by atoms with van der Waals surface area (Å²) >= 11 is 12.8. The first-order valence-electron chi connectivity index (χ1n) is 12.3. The van der Waals surface area contributed by atoms with Gasteiger partial charge >= 0.3 is 5.97 Å². The highest BCUT2D eigenvalue weighted by molar-refractivity contribution is 6.33. The van der Waals surface area contributed by atoms with Crippen LogP contribution in [0.5, 0.6) is 0 Å². The molecule has 5 aromatic rings. The topological polar surface area (TPSA) is 110 Å². The fraction of sp³-hybridized carbons (Fsp3) is 0.296. The molecule has 0 aliphatic heterocycles. The summed E-state index contributed by atoms with van der Waals surface area (Å²) in [6.45, 7) is 0. The molecule has 8 nitrogen and oxygen atoms in total. The minimum absolute atomic E-state index is 0.168. The van der Waals surface area contributed by atoms with Gasteiger partial charge in [-0.2, -0.15) is 0 Å². The summed E-state index contributed by atoms with van der Waals surface area (Å²) in [6, 6.07) is 3.51. The number of aliphatic carboxylic acids is 1. The number of carboxylic acids is 1. The zero-order chi connectivity index (χ0) is 25.3. The number of hydrogen-bond acceptors (Lipinski definition) is 5. The first kappa shape index (κ1) is 22.7. The summed E-state index contributed by atoms with van der Waals surface area (Å²) in [4.78, 5) is 33.9. The van der Waals surface area contributed by atoms with Gasteiger partial charge < -0.3 is 14.7 Å². The van der Waals surface area contributed by atoms with E-state index in [0.717, 1.165) is 53.1 Å². The molecule has 3 fully saturated rings. The first-order valence-corrected chi connectivity index (χ1v) is 13.1. The maximum absolute atomic E-state index is 12.5. The van der Waals surface area contributed by atoms with Gasteiger partial charge in [-0.25, -0.2) is 15.0 Å². The van der Waals surface area contributed by atoms with Crippen LogP contribution in [0.3, 0.4) is 0 Å². The highest BCUT2D eigenvalue weighted by atomic mass is 35.5. The summed E-state index contributed by atoms with van der Waals surface area (Å²) < 4.78 is 2.08. The molecule has 0 aromatic carbocycles. The first-order chi connectivity index (χ1) is 18.0. The minimum Gasteiger partial charge on any atom is -0.481 e. The molecule has 8 rings (SSSR count). The highest BCUT2D eigenvalue weighted by Gasteiger charge is 2.48. The Kier molecular flexibility index (Phi) is 5.23. The average Bonchev–Trinajstić information content (AvgIpc) is 3.50. The van der Waals surface area contributed by atoms with Crippen molar-refractivity contribution in [1.29, 1.82) is 0 Å². The zero-order valence-corrected chi connectivity index (χ0v) is 21.1. The largest absolute Gasteiger partial charge is 0.481 e. The van der Waals surface area contributed by atoms with Crippen molar-refractivity contribution in [2.24, 2.45) is 17.8 Å². The summed E-state index contributed by atoms with van der Waals surface area (Å²) in [7, 11) is 0. The maximum Gasteiger partial charge on any atom is 0.308 e. The van der Waals surface area contributed by atoms with E-state index in [1.165, 1.54) is 0 Å². The van der Waals surface area contributed by atoms with Crippen LogP contribution in [0.1, 0.15) is 31.7 Å². The SMILES string of the molecule is O=C(O)[C@H]1C2CCC(CC2)[C@@H]1n1cc(-c2ccncc2Cl)c2cnc(-c3c[nH]c4ncc(Cl)cc34)nc21. The van der Waals surface area contributed by atoms with Crippen molar-refractivity contribution < 1.29 is 9.90 Å². The monoisotopic (exact) mass is 532 g/mol. The Morgan fingerprint density at radius 3 is 2.59 bits per heavy atom. The molecule has 2 bridgehead atoms. The molecule has 5 heterocycles. The van der Waals surface area contributed by atoms with Crippen LogP contribution in [-0.4, -0.2) is 40.6 Å². The predicted octanol–water partition coefficient (Wildman–Crippen LogP) is 6.41. The van der Waals surface area contributed by atoms with Crippen LogP contribution >= 0.6 is 23.2 Å². The molecule has 0 radical (unpaired) electrons. The van der Waals surface area contributed by atoms with E-state index in [1.807, 2.05) is 24.5 Å². The number of pyridine rings is 2. The second kappa shape index (κ2) is 8.53. The van der Waals surface area contributed by atoms with E-state index in [0.29, 0.717) is 27.2 Å². The maximum atomic E-state index is 12.5. The third kappa shape index (κ3) is 3.54. The number of H-pyrrole nitrogens is 1. The van der Waals surface area contributed by atoms with Gasteiger partial charge in [0.05, 0.1) is 22.0 Å². The van der Waals surface area contributed by atoms with Crippen molar-refractivity contribution in [3.05, 3.63) is 59.4 Å². The van der Waals surface area contributed by atoms with Gasteiger partial charge in [-0.15, -0.1) is 0 Å². The van der Waals surface area contributed by atoms with Gasteiger partial charge in [0, 0.05) is 64.6 Å². The number of aromatic nitrogens is 6. The van der Waals surface area contributed by atoms with Crippen molar-refractivity contribution >= 4 is 51.2 Å². The van der Waals surface area contributed by atoms with Gasteiger partial charge in [0.25, 0.3) is 0 Å². The van der Waals surface area contributed by atoms with Crippen LogP contribution in [0.15, 0.2) is 49.3 Å². The summed E-state index contributed by atoms with van der Waals surface area (Å²) in [5.41, 5.74) is 3.85. The van der Waals surface area contributed by atoms with Crippen molar-refractivity contribution in [1.82, 2.24) is 29.5 Å². The molecule has 2 N–H and O–H groups in total. The molecule has 0 spiro atoms. The van der Waals surface area contributed by atoms with Crippen molar-refractivity contribution in [2.75, 3.05) is 0 Å².